The molecule has 0 spiro atoms. The molecule has 1 aromatic heterocycles. The molecule has 72 valence electrons. The number of nitrogen functional groups attached to an aromatic ring is 1. The molecule has 0 atom stereocenters. The van der Waals surface area contributed by atoms with Crippen LogP contribution in [0.25, 0.3) is 0 Å². The van der Waals surface area contributed by atoms with Crippen LogP contribution in [0.4, 0.5) is 5.82 Å². The monoisotopic (exact) mass is 211 g/mol. The summed E-state index contributed by atoms with van der Waals surface area (Å²) in [6.45, 7) is 0. The summed E-state index contributed by atoms with van der Waals surface area (Å²) in [6.07, 6.45) is 1.03. The summed E-state index contributed by atoms with van der Waals surface area (Å²) in [5.74, 6) is 3.96. The number of carboxylic acid groups (broad SMARTS) is 1. The highest BCUT2D eigenvalue weighted by Crippen LogP contribution is 2.08. The van der Waals surface area contributed by atoms with Gasteiger partial charge < -0.3 is 10.8 Å². The second-order valence-corrected chi connectivity index (χ2v) is 2.69. The van der Waals surface area contributed by atoms with Crippen molar-refractivity contribution in [2.75, 3.05) is 5.73 Å². The number of rotatable bonds is 1. The van der Waals surface area contributed by atoms with Gasteiger partial charge in [-0.05, 0) is 5.92 Å². The molecule has 0 saturated carbocycles. The molecule has 14 heavy (non-hydrogen) atoms. The highest BCUT2D eigenvalue weighted by molar-refractivity contribution is 6.29. The lowest BCUT2D eigenvalue weighted by Crippen LogP contribution is -1.97. The number of carboxylic acids is 1. The second-order valence-electron chi connectivity index (χ2n) is 2.30. The van der Waals surface area contributed by atoms with E-state index in [1.165, 1.54) is 6.20 Å². The van der Waals surface area contributed by atoms with E-state index in [2.05, 4.69) is 21.8 Å². The summed E-state index contributed by atoms with van der Waals surface area (Å²) in [6, 6.07) is 0. The zero-order valence-corrected chi connectivity index (χ0v) is 7.75. The van der Waals surface area contributed by atoms with Gasteiger partial charge in [-0.3, -0.25) is 4.79 Å². The maximum Gasteiger partial charge on any atom is 0.315 e. The van der Waals surface area contributed by atoms with Crippen molar-refractivity contribution in [2.24, 2.45) is 0 Å². The Bertz CT molecular complexity index is 422. The number of carbonyl (C=O) groups is 1. The molecular weight excluding hydrogens is 206 g/mol. The molecule has 6 heteroatoms. The van der Waals surface area contributed by atoms with Crippen LogP contribution in [0.15, 0.2) is 6.20 Å². The van der Waals surface area contributed by atoms with Crippen molar-refractivity contribution in [3.8, 4) is 11.8 Å². The molecule has 1 heterocycles. The SMILES string of the molecule is Nc1nc(Cl)cnc1C#CCC(=O)O. The van der Waals surface area contributed by atoms with Gasteiger partial charge in [0.2, 0.25) is 0 Å². The standard InChI is InChI=1S/C8H6ClN3O2/c9-6-4-11-5(8(10)12-6)2-1-3-7(13)14/h4H,3H2,(H2,10,12)(H,13,14). The zero-order valence-electron chi connectivity index (χ0n) is 6.99. The molecule has 0 aliphatic heterocycles. The van der Waals surface area contributed by atoms with E-state index in [4.69, 9.17) is 22.4 Å². The predicted molar refractivity (Wildman–Crippen MR) is 50.6 cm³/mol. The molecule has 0 aliphatic rings. The molecule has 0 amide bonds. The molecule has 0 saturated heterocycles. The first-order valence-corrected chi connectivity index (χ1v) is 3.96. The number of nitrogens with zero attached hydrogens (tertiary/aromatic N) is 2. The van der Waals surface area contributed by atoms with E-state index in [1.807, 2.05) is 0 Å². The van der Waals surface area contributed by atoms with E-state index < -0.39 is 5.97 Å². The fraction of sp³-hybridized carbons (Fsp3) is 0.125. The van der Waals surface area contributed by atoms with Gasteiger partial charge in [0.15, 0.2) is 11.5 Å². The minimum Gasteiger partial charge on any atom is -0.481 e. The first-order valence-electron chi connectivity index (χ1n) is 3.58. The summed E-state index contributed by atoms with van der Waals surface area (Å²) in [7, 11) is 0. The van der Waals surface area contributed by atoms with Gasteiger partial charge in [0, 0.05) is 0 Å². The van der Waals surface area contributed by atoms with Crippen LogP contribution in [-0.2, 0) is 4.79 Å². The van der Waals surface area contributed by atoms with Crippen LogP contribution in [0.5, 0.6) is 0 Å². The molecule has 0 radical (unpaired) electrons. The molecule has 0 aromatic carbocycles. The van der Waals surface area contributed by atoms with E-state index in [0.717, 1.165) is 0 Å². The number of aliphatic carboxylic acids is 1. The molecule has 3 N–H and O–H groups in total. The number of hydrogen-bond donors (Lipinski definition) is 2. The summed E-state index contributed by atoms with van der Waals surface area (Å²) in [5.41, 5.74) is 5.66. The van der Waals surface area contributed by atoms with Crippen LogP contribution in [0, 0.1) is 11.8 Å². The molecule has 0 aliphatic carbocycles. The van der Waals surface area contributed by atoms with Crippen LogP contribution in [0.3, 0.4) is 0 Å². The van der Waals surface area contributed by atoms with Crippen LogP contribution in [0.2, 0.25) is 5.15 Å². The maximum atomic E-state index is 10.1. The van der Waals surface area contributed by atoms with Gasteiger partial charge in [0.1, 0.15) is 11.6 Å². The van der Waals surface area contributed by atoms with Crippen LogP contribution in [-0.4, -0.2) is 21.0 Å². The highest BCUT2D eigenvalue weighted by atomic mass is 35.5. The molecule has 0 fully saturated rings. The Balaban J connectivity index is 2.85. The van der Waals surface area contributed by atoms with Gasteiger partial charge in [-0.15, -0.1) is 0 Å². The Hall–Kier alpha value is -1.80. The Kier molecular flexibility index (Phi) is 3.26. The maximum absolute atomic E-state index is 10.1. The van der Waals surface area contributed by atoms with Crippen molar-refractivity contribution < 1.29 is 9.90 Å². The van der Waals surface area contributed by atoms with Gasteiger partial charge in [-0.25, -0.2) is 9.97 Å². The Morgan fingerprint density at radius 2 is 2.43 bits per heavy atom. The van der Waals surface area contributed by atoms with Gasteiger partial charge in [0.25, 0.3) is 0 Å². The normalized spacial score (nSPS) is 8.93. The molecular formula is C8H6ClN3O2. The smallest absolute Gasteiger partial charge is 0.315 e. The fourth-order valence-corrected chi connectivity index (χ4v) is 0.821. The number of hydrogen-bond acceptors (Lipinski definition) is 4. The molecule has 0 bridgehead atoms. The van der Waals surface area contributed by atoms with Crippen LogP contribution >= 0.6 is 11.6 Å². The van der Waals surface area contributed by atoms with Gasteiger partial charge in [-0.1, -0.05) is 17.5 Å². The molecule has 1 aromatic rings. The van der Waals surface area contributed by atoms with Crippen LogP contribution in [0.1, 0.15) is 12.1 Å². The average Bonchev–Trinajstić information content (AvgIpc) is 2.08. The fourth-order valence-electron chi connectivity index (χ4n) is 0.681. The highest BCUT2D eigenvalue weighted by Gasteiger charge is 1.99. The van der Waals surface area contributed by atoms with Gasteiger partial charge >= 0.3 is 5.97 Å². The number of anilines is 1. The van der Waals surface area contributed by atoms with Crippen molar-refractivity contribution >= 4 is 23.4 Å². The summed E-state index contributed by atoms with van der Waals surface area (Å²) >= 11 is 5.51. The lowest BCUT2D eigenvalue weighted by Gasteiger charge is -1.95. The van der Waals surface area contributed by atoms with Crippen molar-refractivity contribution in [3.05, 3.63) is 17.0 Å². The lowest BCUT2D eigenvalue weighted by molar-refractivity contribution is -0.135. The van der Waals surface area contributed by atoms with E-state index in [-0.39, 0.29) is 23.1 Å². The first kappa shape index (κ1) is 10.3. The average molecular weight is 212 g/mol. The minimum atomic E-state index is -1.00. The summed E-state index contributed by atoms with van der Waals surface area (Å²) in [4.78, 5) is 17.6. The largest absolute Gasteiger partial charge is 0.481 e. The Labute approximate surface area is 84.9 Å². The number of aromatic nitrogens is 2. The second kappa shape index (κ2) is 4.44. The Morgan fingerprint density at radius 3 is 3.00 bits per heavy atom. The third kappa shape index (κ3) is 2.92. The quantitative estimate of drug-likeness (QED) is 0.662. The minimum absolute atomic E-state index is 0.0930. The van der Waals surface area contributed by atoms with Crippen molar-refractivity contribution in [1.29, 1.82) is 0 Å². The predicted octanol–water partition coefficient (Wildman–Crippen LogP) is 0.538. The molecule has 1 rings (SSSR count). The summed E-state index contributed by atoms with van der Waals surface area (Å²) in [5, 5.41) is 8.49. The van der Waals surface area contributed by atoms with Crippen molar-refractivity contribution in [1.82, 2.24) is 9.97 Å². The van der Waals surface area contributed by atoms with Crippen LogP contribution < -0.4 is 5.73 Å². The van der Waals surface area contributed by atoms with Gasteiger partial charge in [0.05, 0.1) is 6.20 Å². The third-order valence-corrected chi connectivity index (χ3v) is 1.40. The molecule has 5 nitrogen and oxygen atoms in total. The summed E-state index contributed by atoms with van der Waals surface area (Å²) < 4.78 is 0. The molecule has 0 unspecified atom stereocenters. The first-order chi connectivity index (χ1) is 6.59. The van der Waals surface area contributed by atoms with E-state index in [9.17, 15) is 4.79 Å². The van der Waals surface area contributed by atoms with E-state index in [1.54, 1.807) is 0 Å². The van der Waals surface area contributed by atoms with E-state index in [0.29, 0.717) is 0 Å². The zero-order chi connectivity index (χ0) is 10.6. The van der Waals surface area contributed by atoms with Crippen molar-refractivity contribution in [3.63, 3.8) is 0 Å². The topological polar surface area (TPSA) is 89.1 Å². The number of halogens is 1. The number of nitrogens with two attached hydrogens (primary N) is 1. The lowest BCUT2D eigenvalue weighted by atomic mass is 10.3. The Morgan fingerprint density at radius 1 is 1.71 bits per heavy atom. The van der Waals surface area contributed by atoms with Crippen molar-refractivity contribution in [2.45, 2.75) is 6.42 Å². The van der Waals surface area contributed by atoms with Gasteiger partial charge in [-0.2, -0.15) is 0 Å². The third-order valence-electron chi connectivity index (χ3n) is 1.22. The van der Waals surface area contributed by atoms with E-state index >= 15 is 0 Å².